The highest BCUT2D eigenvalue weighted by molar-refractivity contribution is 5.67. The van der Waals surface area contributed by atoms with Crippen molar-refractivity contribution in [3.63, 3.8) is 0 Å². The molecule has 17 heavy (non-hydrogen) atoms. The molecule has 0 unspecified atom stereocenters. The minimum absolute atomic E-state index is 0.0512. The summed E-state index contributed by atoms with van der Waals surface area (Å²) in [6.07, 6.45) is 3.52. The number of fused-ring (bicyclic) bond motifs is 1. The summed E-state index contributed by atoms with van der Waals surface area (Å²) in [4.78, 5) is 4.26. The first-order valence-electron chi connectivity index (χ1n) is 5.55. The zero-order chi connectivity index (χ0) is 12.1. The van der Waals surface area contributed by atoms with Crippen LogP contribution in [0, 0.1) is 6.92 Å². The Morgan fingerprint density at radius 2 is 2.35 bits per heavy atom. The van der Waals surface area contributed by atoms with Crippen molar-refractivity contribution in [2.75, 3.05) is 31.7 Å². The van der Waals surface area contributed by atoms with E-state index in [0.29, 0.717) is 19.8 Å². The van der Waals surface area contributed by atoms with Gasteiger partial charge in [0.25, 0.3) is 0 Å². The molecule has 2 N–H and O–H groups in total. The Morgan fingerprint density at radius 3 is 3.18 bits per heavy atom. The van der Waals surface area contributed by atoms with Gasteiger partial charge in [-0.25, -0.2) is 9.50 Å². The quantitative estimate of drug-likeness (QED) is 0.713. The minimum atomic E-state index is 0.0512. The Labute approximate surface area is 99.2 Å². The number of aliphatic hydroxyl groups excluding tert-OH is 1. The molecule has 6 nitrogen and oxygen atoms in total. The van der Waals surface area contributed by atoms with Gasteiger partial charge in [0, 0.05) is 18.9 Å². The Balaban J connectivity index is 1.98. The van der Waals surface area contributed by atoms with Gasteiger partial charge in [-0.1, -0.05) is 0 Å². The highest BCUT2D eigenvalue weighted by atomic mass is 16.5. The Bertz CT molecular complexity index is 483. The summed E-state index contributed by atoms with van der Waals surface area (Å²) in [5.41, 5.74) is 1.91. The number of hydrogen-bond donors (Lipinski definition) is 2. The van der Waals surface area contributed by atoms with Gasteiger partial charge in [0.1, 0.15) is 5.52 Å². The van der Waals surface area contributed by atoms with Crippen LogP contribution in [0.5, 0.6) is 0 Å². The molecule has 0 bridgehead atoms. The van der Waals surface area contributed by atoms with Crippen LogP contribution in [-0.2, 0) is 4.74 Å². The average Bonchev–Trinajstić information content (AvgIpc) is 2.70. The molecule has 0 atom stereocenters. The lowest BCUT2D eigenvalue weighted by atomic mass is 10.4. The summed E-state index contributed by atoms with van der Waals surface area (Å²) in [7, 11) is 0. The van der Waals surface area contributed by atoms with Crippen LogP contribution in [0.25, 0.3) is 5.52 Å². The lowest BCUT2D eigenvalue weighted by molar-refractivity contribution is 0.0992. The lowest BCUT2D eigenvalue weighted by Crippen LogP contribution is -2.12. The lowest BCUT2D eigenvalue weighted by Gasteiger charge is -2.06. The van der Waals surface area contributed by atoms with Crippen molar-refractivity contribution in [3.05, 3.63) is 24.2 Å². The maximum atomic E-state index is 8.56. The van der Waals surface area contributed by atoms with Crippen molar-refractivity contribution in [2.24, 2.45) is 0 Å². The molecule has 0 aromatic carbocycles. The van der Waals surface area contributed by atoms with Crippen LogP contribution in [0.15, 0.2) is 18.5 Å². The van der Waals surface area contributed by atoms with Crippen LogP contribution in [-0.4, -0.2) is 46.1 Å². The topological polar surface area (TPSA) is 71.7 Å². The molecule has 0 fully saturated rings. The van der Waals surface area contributed by atoms with Crippen LogP contribution < -0.4 is 5.32 Å². The minimum Gasteiger partial charge on any atom is -0.394 e. The Kier molecular flexibility index (Phi) is 3.89. The molecule has 0 radical (unpaired) electrons. The number of rotatable bonds is 6. The molecule has 0 aliphatic carbocycles. The molecule has 2 aromatic rings. The standard InChI is InChI=1S/C11H16N4O2/c1-9-8-10-11(12-2-4-15(10)14-9)13-3-6-17-7-5-16/h2,4,8,16H,3,5-7H2,1H3,(H,12,13). The Hall–Kier alpha value is -1.66. The zero-order valence-corrected chi connectivity index (χ0v) is 9.76. The molecule has 0 aliphatic rings. The number of aliphatic hydroxyl groups is 1. The smallest absolute Gasteiger partial charge is 0.152 e. The second kappa shape index (κ2) is 5.60. The van der Waals surface area contributed by atoms with Gasteiger partial charge in [-0.2, -0.15) is 5.10 Å². The second-order valence-electron chi connectivity index (χ2n) is 3.65. The van der Waals surface area contributed by atoms with Crippen LogP contribution in [0.1, 0.15) is 5.69 Å². The van der Waals surface area contributed by atoms with E-state index < -0.39 is 0 Å². The van der Waals surface area contributed by atoms with Crippen LogP contribution in [0.4, 0.5) is 5.82 Å². The van der Waals surface area contributed by atoms with Crippen molar-refractivity contribution in [1.29, 1.82) is 0 Å². The summed E-state index contributed by atoms with van der Waals surface area (Å²) in [6, 6.07) is 1.98. The van der Waals surface area contributed by atoms with Crippen molar-refractivity contribution >= 4 is 11.3 Å². The van der Waals surface area contributed by atoms with Crippen molar-refractivity contribution in [2.45, 2.75) is 6.92 Å². The molecule has 0 saturated heterocycles. The van der Waals surface area contributed by atoms with Gasteiger partial charge in [-0.3, -0.25) is 0 Å². The molecule has 0 aliphatic heterocycles. The van der Waals surface area contributed by atoms with Gasteiger partial charge < -0.3 is 15.2 Å². The second-order valence-corrected chi connectivity index (χ2v) is 3.65. The van der Waals surface area contributed by atoms with E-state index in [1.54, 1.807) is 10.7 Å². The van der Waals surface area contributed by atoms with Gasteiger partial charge in [0.2, 0.25) is 0 Å². The summed E-state index contributed by atoms with van der Waals surface area (Å²) < 4.78 is 6.95. The summed E-state index contributed by atoms with van der Waals surface area (Å²) in [6.45, 7) is 3.55. The number of nitrogens with zero attached hydrogens (tertiary/aromatic N) is 3. The molecule has 0 amide bonds. The van der Waals surface area contributed by atoms with E-state index in [4.69, 9.17) is 9.84 Å². The van der Waals surface area contributed by atoms with Gasteiger partial charge in [0.05, 0.1) is 25.5 Å². The van der Waals surface area contributed by atoms with E-state index in [1.165, 1.54) is 0 Å². The predicted molar refractivity (Wildman–Crippen MR) is 64.1 cm³/mol. The first kappa shape index (κ1) is 11.8. The number of aromatic nitrogens is 3. The fourth-order valence-electron chi connectivity index (χ4n) is 1.59. The van der Waals surface area contributed by atoms with Crippen LogP contribution in [0.3, 0.4) is 0 Å². The number of hydrogen-bond acceptors (Lipinski definition) is 5. The van der Waals surface area contributed by atoms with E-state index >= 15 is 0 Å². The monoisotopic (exact) mass is 236 g/mol. The van der Waals surface area contributed by atoms with Crippen molar-refractivity contribution in [3.8, 4) is 0 Å². The largest absolute Gasteiger partial charge is 0.394 e. The van der Waals surface area contributed by atoms with E-state index in [0.717, 1.165) is 17.0 Å². The molecule has 0 spiro atoms. The van der Waals surface area contributed by atoms with Gasteiger partial charge in [-0.15, -0.1) is 0 Å². The van der Waals surface area contributed by atoms with E-state index in [9.17, 15) is 0 Å². The molecular formula is C11H16N4O2. The van der Waals surface area contributed by atoms with E-state index in [1.807, 2.05) is 19.2 Å². The van der Waals surface area contributed by atoms with Gasteiger partial charge in [0.15, 0.2) is 5.82 Å². The third kappa shape index (κ3) is 2.92. The van der Waals surface area contributed by atoms with Crippen molar-refractivity contribution < 1.29 is 9.84 Å². The highest BCUT2D eigenvalue weighted by Crippen LogP contribution is 2.13. The molecule has 92 valence electrons. The van der Waals surface area contributed by atoms with Crippen molar-refractivity contribution in [1.82, 2.24) is 14.6 Å². The molecule has 2 aromatic heterocycles. The Morgan fingerprint density at radius 1 is 1.47 bits per heavy atom. The zero-order valence-electron chi connectivity index (χ0n) is 9.76. The summed E-state index contributed by atoms with van der Waals surface area (Å²) >= 11 is 0. The maximum Gasteiger partial charge on any atom is 0.152 e. The summed E-state index contributed by atoms with van der Waals surface area (Å²) in [5.74, 6) is 0.792. The number of ether oxygens (including phenoxy) is 1. The first-order chi connectivity index (χ1) is 8.31. The van der Waals surface area contributed by atoms with Crippen LogP contribution >= 0.6 is 0 Å². The summed E-state index contributed by atoms with van der Waals surface area (Å²) in [5, 5.41) is 16.0. The van der Waals surface area contributed by atoms with Gasteiger partial charge >= 0.3 is 0 Å². The molecule has 0 saturated carbocycles. The number of aryl methyl sites for hydroxylation is 1. The highest BCUT2D eigenvalue weighted by Gasteiger charge is 2.03. The third-order valence-corrected chi connectivity index (χ3v) is 2.29. The fraction of sp³-hybridized carbons (Fsp3) is 0.455. The predicted octanol–water partition coefficient (Wildman–Crippen LogP) is 0.459. The molecule has 2 rings (SSSR count). The van der Waals surface area contributed by atoms with Crippen LogP contribution in [0.2, 0.25) is 0 Å². The third-order valence-electron chi connectivity index (χ3n) is 2.29. The first-order valence-corrected chi connectivity index (χ1v) is 5.55. The molecule has 6 heteroatoms. The van der Waals surface area contributed by atoms with Gasteiger partial charge in [-0.05, 0) is 13.0 Å². The number of anilines is 1. The molecular weight excluding hydrogens is 220 g/mol. The molecule has 2 heterocycles. The average molecular weight is 236 g/mol. The van der Waals surface area contributed by atoms with E-state index in [-0.39, 0.29) is 6.61 Å². The normalized spacial score (nSPS) is 10.9. The SMILES string of the molecule is Cc1cc2c(NCCOCCO)nccn2n1. The fourth-order valence-corrected chi connectivity index (χ4v) is 1.59. The van der Waals surface area contributed by atoms with E-state index in [2.05, 4.69) is 15.4 Å². The number of nitrogens with one attached hydrogen (secondary N) is 1. The maximum absolute atomic E-state index is 8.56.